The van der Waals surface area contributed by atoms with Crippen LogP contribution in [0.2, 0.25) is 0 Å². The number of methoxy groups -OCH3 is 1. The van der Waals surface area contributed by atoms with E-state index < -0.39 is 0 Å². The molecule has 2 aliphatic rings. The number of unbranched alkanes of at least 4 members (excludes halogenated alkanes) is 1. The van der Waals surface area contributed by atoms with Gasteiger partial charge in [0.2, 0.25) is 0 Å². The number of fused-ring (bicyclic) bond motifs is 1. The number of benzene rings is 1. The molecule has 0 aliphatic carbocycles. The van der Waals surface area contributed by atoms with Gasteiger partial charge in [0.1, 0.15) is 10.2 Å². The van der Waals surface area contributed by atoms with Gasteiger partial charge < -0.3 is 19.7 Å². The van der Waals surface area contributed by atoms with Crippen molar-refractivity contribution in [1.29, 1.82) is 0 Å². The molecule has 1 amide bonds. The molecule has 32 heavy (non-hydrogen) atoms. The van der Waals surface area contributed by atoms with Crippen LogP contribution in [0.5, 0.6) is 0 Å². The highest BCUT2D eigenvalue weighted by Gasteiger charge is 2.34. The van der Waals surface area contributed by atoms with E-state index in [1.807, 2.05) is 31.2 Å². The lowest BCUT2D eigenvalue weighted by Gasteiger charge is -2.24. The van der Waals surface area contributed by atoms with Gasteiger partial charge in [-0.05, 0) is 55.8 Å². The minimum atomic E-state index is -0.217. The number of ether oxygens (including phenoxy) is 2. The first-order valence-electron chi connectivity index (χ1n) is 11.0. The van der Waals surface area contributed by atoms with E-state index in [-0.39, 0.29) is 17.1 Å². The van der Waals surface area contributed by atoms with E-state index in [1.54, 1.807) is 7.11 Å². The van der Waals surface area contributed by atoms with Crippen LogP contribution >= 0.6 is 23.5 Å². The Morgan fingerprint density at radius 1 is 1.28 bits per heavy atom. The number of hydrogen-bond donors (Lipinski definition) is 1. The highest BCUT2D eigenvalue weighted by molar-refractivity contribution is 8.18. The van der Waals surface area contributed by atoms with Crippen LogP contribution in [0.1, 0.15) is 39.5 Å². The van der Waals surface area contributed by atoms with E-state index in [0.717, 1.165) is 54.5 Å². The van der Waals surface area contributed by atoms with Crippen LogP contribution in [0.4, 0.5) is 5.69 Å². The summed E-state index contributed by atoms with van der Waals surface area (Å²) in [6.07, 6.45) is 3.76. The molecule has 1 unspecified atom stereocenters. The van der Waals surface area contributed by atoms with Crippen LogP contribution in [-0.2, 0) is 19.1 Å². The highest BCUT2D eigenvalue weighted by atomic mass is 32.2. The molecular weight excluding hydrogens is 446 g/mol. The number of esters is 1. The molecule has 1 aromatic carbocycles. The molecule has 0 fully saturated rings. The summed E-state index contributed by atoms with van der Waals surface area (Å²) in [5, 5.41) is 3.64. The number of anilines is 1. The largest absolute Gasteiger partial charge is 0.465 e. The second kappa shape index (κ2) is 12.3. The number of carbonyl (C=O) groups is 2. The molecule has 2 aliphatic heterocycles. The first-order valence-corrected chi connectivity index (χ1v) is 12.7. The second-order valence-corrected chi connectivity index (χ2v) is 9.71. The number of hydrogen-bond acceptors (Lipinski definition) is 8. The van der Waals surface area contributed by atoms with Crippen molar-refractivity contribution in [2.75, 3.05) is 38.7 Å². The molecule has 174 valence electrons. The molecule has 7 nitrogen and oxygen atoms in total. The third kappa shape index (κ3) is 6.30. The number of nitrogens with one attached hydrogen (secondary N) is 1. The lowest BCUT2D eigenvalue weighted by atomic mass is 10.2. The van der Waals surface area contributed by atoms with Crippen LogP contribution < -0.4 is 5.32 Å². The molecule has 1 aromatic rings. The quantitative estimate of drug-likeness (QED) is 0.371. The third-order valence-electron chi connectivity index (χ3n) is 5.05. The van der Waals surface area contributed by atoms with E-state index in [1.165, 1.54) is 23.5 Å². The zero-order chi connectivity index (χ0) is 22.9. The maximum Gasteiger partial charge on any atom is 0.319 e. The predicted octanol–water partition coefficient (Wildman–Crippen LogP) is 4.51. The van der Waals surface area contributed by atoms with Crippen molar-refractivity contribution in [1.82, 2.24) is 4.90 Å². The van der Waals surface area contributed by atoms with E-state index in [9.17, 15) is 9.59 Å². The number of amides is 1. The van der Waals surface area contributed by atoms with Crippen molar-refractivity contribution in [3.05, 3.63) is 34.9 Å². The lowest BCUT2D eigenvalue weighted by Crippen LogP contribution is -2.31. The first kappa shape index (κ1) is 24.7. The van der Waals surface area contributed by atoms with Crippen molar-refractivity contribution in [2.45, 2.75) is 49.7 Å². The van der Waals surface area contributed by atoms with Gasteiger partial charge in [-0.25, -0.2) is 0 Å². The lowest BCUT2D eigenvalue weighted by molar-refractivity contribution is -0.142. The van der Waals surface area contributed by atoms with Crippen LogP contribution in [0, 0.1) is 0 Å². The molecule has 1 atom stereocenters. The Bertz CT molecular complexity index is 870. The van der Waals surface area contributed by atoms with E-state index in [0.29, 0.717) is 23.8 Å². The summed E-state index contributed by atoms with van der Waals surface area (Å²) in [5.41, 5.74) is 1.58. The number of carbonyl (C=O) groups excluding carboxylic acids is 2. The Labute approximate surface area is 198 Å². The molecule has 1 N–H and O–H groups in total. The molecule has 0 bridgehead atoms. The monoisotopic (exact) mass is 477 g/mol. The predicted molar refractivity (Wildman–Crippen MR) is 131 cm³/mol. The summed E-state index contributed by atoms with van der Waals surface area (Å²) in [5.74, 6) is -0.328. The average molecular weight is 478 g/mol. The standard InChI is InChI=1S/C23H31N3O4S2/c1-4-6-8-19(22(28)30-5-2)31-17-11-9-16(10-12-17)25-21(27)20-18(15-29-3)26-14-7-13-24-23(26)32-20/h9-12,19H,4-8,13-15H2,1-3H3,(H,25,27). The fourth-order valence-electron chi connectivity index (χ4n) is 3.47. The van der Waals surface area contributed by atoms with E-state index in [4.69, 9.17) is 9.47 Å². The normalized spacial score (nSPS) is 16.5. The van der Waals surface area contributed by atoms with Gasteiger partial charge in [-0.3, -0.25) is 14.6 Å². The summed E-state index contributed by atoms with van der Waals surface area (Å²) in [7, 11) is 1.63. The van der Waals surface area contributed by atoms with E-state index >= 15 is 0 Å². The van der Waals surface area contributed by atoms with Crippen LogP contribution in [0.15, 0.2) is 44.8 Å². The number of rotatable bonds is 11. The molecular formula is C23H31N3O4S2. The number of nitrogens with zero attached hydrogens (tertiary/aromatic N) is 2. The minimum Gasteiger partial charge on any atom is -0.465 e. The van der Waals surface area contributed by atoms with Crippen molar-refractivity contribution >= 4 is 46.3 Å². The maximum absolute atomic E-state index is 13.0. The summed E-state index contributed by atoms with van der Waals surface area (Å²) < 4.78 is 10.6. The Balaban J connectivity index is 1.66. The van der Waals surface area contributed by atoms with Crippen molar-refractivity contribution in [3.63, 3.8) is 0 Å². The summed E-state index contributed by atoms with van der Waals surface area (Å²) in [6, 6.07) is 7.59. The molecule has 2 heterocycles. The van der Waals surface area contributed by atoms with Gasteiger partial charge in [0.25, 0.3) is 5.91 Å². The van der Waals surface area contributed by atoms with Crippen molar-refractivity contribution in [2.24, 2.45) is 4.99 Å². The number of aliphatic imine (C=N–C) groups is 1. The van der Waals surface area contributed by atoms with Gasteiger partial charge in [-0.2, -0.15) is 0 Å². The summed E-state index contributed by atoms with van der Waals surface area (Å²) in [6.45, 7) is 6.34. The maximum atomic E-state index is 13.0. The van der Waals surface area contributed by atoms with Gasteiger partial charge >= 0.3 is 5.97 Å². The number of thioether (sulfide) groups is 2. The molecule has 9 heteroatoms. The van der Waals surface area contributed by atoms with Crippen molar-refractivity contribution < 1.29 is 19.1 Å². The molecule has 0 spiro atoms. The minimum absolute atomic E-state index is 0.160. The molecule has 0 aromatic heterocycles. The van der Waals surface area contributed by atoms with Crippen LogP contribution in [0.25, 0.3) is 0 Å². The Hall–Kier alpha value is -1.97. The Kier molecular flexibility index (Phi) is 9.50. The SMILES string of the molecule is CCCCC(Sc1ccc(NC(=O)C2=C(COC)N3CCCN=C3S2)cc1)C(=O)OCC. The molecule has 0 saturated heterocycles. The zero-order valence-electron chi connectivity index (χ0n) is 18.9. The van der Waals surface area contributed by atoms with Crippen LogP contribution in [0.3, 0.4) is 0 Å². The fourth-order valence-corrected chi connectivity index (χ4v) is 5.62. The smallest absolute Gasteiger partial charge is 0.319 e. The first-order chi connectivity index (χ1) is 15.6. The topological polar surface area (TPSA) is 80.2 Å². The molecule has 3 rings (SSSR count). The Morgan fingerprint density at radius 3 is 2.75 bits per heavy atom. The van der Waals surface area contributed by atoms with Gasteiger partial charge in [0.15, 0.2) is 5.17 Å². The Morgan fingerprint density at radius 2 is 2.06 bits per heavy atom. The fraction of sp³-hybridized carbons (Fsp3) is 0.522. The average Bonchev–Trinajstić information content (AvgIpc) is 3.17. The summed E-state index contributed by atoms with van der Waals surface area (Å²) in [4.78, 5) is 33.5. The zero-order valence-corrected chi connectivity index (χ0v) is 20.5. The summed E-state index contributed by atoms with van der Waals surface area (Å²) >= 11 is 2.92. The van der Waals surface area contributed by atoms with Crippen LogP contribution in [-0.4, -0.2) is 60.6 Å². The van der Waals surface area contributed by atoms with Gasteiger partial charge in [-0.1, -0.05) is 19.8 Å². The number of amidine groups is 1. The van der Waals surface area contributed by atoms with Gasteiger partial charge in [0, 0.05) is 30.8 Å². The van der Waals surface area contributed by atoms with Crippen molar-refractivity contribution in [3.8, 4) is 0 Å². The van der Waals surface area contributed by atoms with E-state index in [2.05, 4.69) is 22.1 Å². The molecule has 0 saturated carbocycles. The van der Waals surface area contributed by atoms with Gasteiger partial charge in [0.05, 0.1) is 18.9 Å². The third-order valence-corrected chi connectivity index (χ3v) is 7.46. The second-order valence-electron chi connectivity index (χ2n) is 7.46. The molecule has 0 radical (unpaired) electrons. The highest BCUT2D eigenvalue weighted by Crippen LogP contribution is 2.37. The van der Waals surface area contributed by atoms with Gasteiger partial charge in [-0.15, -0.1) is 11.8 Å².